The average Bonchev–Trinajstić information content (AvgIpc) is 2.22. The molecule has 0 unspecified atom stereocenters. The maximum Gasteiger partial charge on any atom is 0.242 e. The highest BCUT2D eigenvalue weighted by atomic mass is 16.6. The second kappa shape index (κ2) is 3.57. The average molecular weight is 202 g/mol. The van der Waals surface area contributed by atoms with Crippen LogP contribution in [0.2, 0.25) is 0 Å². The van der Waals surface area contributed by atoms with E-state index in [0.717, 1.165) is 17.5 Å². The van der Waals surface area contributed by atoms with E-state index < -0.39 is 4.92 Å². The van der Waals surface area contributed by atoms with Gasteiger partial charge in [-0.05, 0) is 12.1 Å². The monoisotopic (exact) mass is 202 g/mol. The summed E-state index contributed by atoms with van der Waals surface area (Å²) < 4.78 is 0. The van der Waals surface area contributed by atoms with Crippen LogP contribution in [0.5, 0.6) is 0 Å². The number of anilines is 1. The van der Waals surface area contributed by atoms with Crippen LogP contribution >= 0.6 is 0 Å². The molecule has 15 heavy (non-hydrogen) atoms. The topological polar surface area (TPSA) is 46.4 Å². The molecular formula is C11H10N2O2. The molecule has 0 N–H and O–H groups in total. The summed E-state index contributed by atoms with van der Waals surface area (Å²) in [4.78, 5) is 11.9. The zero-order valence-electron chi connectivity index (χ0n) is 8.25. The van der Waals surface area contributed by atoms with E-state index in [1.807, 2.05) is 42.4 Å². The van der Waals surface area contributed by atoms with Crippen LogP contribution in [-0.4, -0.2) is 12.0 Å². The number of benzene rings is 1. The van der Waals surface area contributed by atoms with Crippen LogP contribution in [0.3, 0.4) is 0 Å². The van der Waals surface area contributed by atoms with E-state index >= 15 is 0 Å². The Morgan fingerprint density at radius 2 is 2.13 bits per heavy atom. The fourth-order valence-corrected chi connectivity index (χ4v) is 1.61. The molecule has 1 aliphatic rings. The van der Waals surface area contributed by atoms with E-state index in [9.17, 15) is 10.1 Å². The van der Waals surface area contributed by atoms with E-state index in [0.29, 0.717) is 5.57 Å². The Labute approximate surface area is 87.3 Å². The van der Waals surface area contributed by atoms with Gasteiger partial charge in [0.05, 0.1) is 10.5 Å². The van der Waals surface area contributed by atoms with Crippen molar-refractivity contribution in [3.05, 3.63) is 58.4 Å². The SMILES string of the molecule is CN1C=C/C(=C/[N+](=O)[O-])c2ccccc21. The molecule has 1 aromatic carbocycles. The molecule has 4 heteroatoms. The zero-order valence-corrected chi connectivity index (χ0v) is 8.25. The van der Waals surface area contributed by atoms with Crippen molar-refractivity contribution >= 4 is 11.3 Å². The molecular weight excluding hydrogens is 192 g/mol. The summed E-state index contributed by atoms with van der Waals surface area (Å²) in [6, 6.07) is 7.61. The van der Waals surface area contributed by atoms with Gasteiger partial charge in [-0.2, -0.15) is 0 Å². The van der Waals surface area contributed by atoms with Gasteiger partial charge >= 0.3 is 0 Å². The van der Waals surface area contributed by atoms with Gasteiger partial charge < -0.3 is 4.90 Å². The first kappa shape index (κ1) is 9.45. The van der Waals surface area contributed by atoms with Crippen LogP contribution in [0.25, 0.3) is 5.57 Å². The van der Waals surface area contributed by atoms with Crippen LogP contribution < -0.4 is 4.90 Å². The first-order valence-electron chi connectivity index (χ1n) is 4.54. The largest absolute Gasteiger partial charge is 0.351 e. The fourth-order valence-electron chi connectivity index (χ4n) is 1.61. The Balaban J connectivity index is 2.55. The number of nitrogens with zero attached hydrogens (tertiary/aromatic N) is 2. The second-order valence-electron chi connectivity index (χ2n) is 3.31. The lowest BCUT2D eigenvalue weighted by Gasteiger charge is -2.22. The third-order valence-electron chi connectivity index (χ3n) is 2.32. The third kappa shape index (κ3) is 1.74. The molecule has 1 aromatic rings. The van der Waals surface area contributed by atoms with Crippen LogP contribution in [0.15, 0.2) is 42.7 Å². The Bertz CT molecular complexity index is 463. The van der Waals surface area contributed by atoms with Crippen LogP contribution in [0.1, 0.15) is 5.56 Å². The summed E-state index contributed by atoms with van der Waals surface area (Å²) in [5.74, 6) is 0. The van der Waals surface area contributed by atoms with Crippen LogP contribution in [-0.2, 0) is 0 Å². The standard InChI is InChI=1S/C11H10N2O2/c1-12-7-6-9(8-13(14)15)10-4-2-3-5-11(10)12/h2-8H,1H3/b9-8-. The molecule has 0 fully saturated rings. The minimum atomic E-state index is -0.429. The quantitative estimate of drug-likeness (QED) is 0.518. The minimum absolute atomic E-state index is 0.429. The molecule has 4 nitrogen and oxygen atoms in total. The molecule has 0 radical (unpaired) electrons. The van der Waals surface area contributed by atoms with Crippen LogP contribution in [0.4, 0.5) is 5.69 Å². The van der Waals surface area contributed by atoms with Gasteiger partial charge in [0.2, 0.25) is 6.20 Å². The molecule has 1 aliphatic heterocycles. The number of para-hydroxylation sites is 1. The molecule has 0 atom stereocenters. The Morgan fingerprint density at radius 1 is 1.40 bits per heavy atom. The van der Waals surface area contributed by atoms with Gasteiger partial charge in [0, 0.05) is 24.5 Å². The van der Waals surface area contributed by atoms with Gasteiger partial charge in [0.15, 0.2) is 0 Å². The second-order valence-corrected chi connectivity index (χ2v) is 3.31. The molecule has 0 saturated heterocycles. The van der Waals surface area contributed by atoms with E-state index in [-0.39, 0.29) is 0 Å². The highest BCUT2D eigenvalue weighted by Gasteiger charge is 2.14. The van der Waals surface area contributed by atoms with E-state index in [1.54, 1.807) is 6.08 Å². The Kier molecular flexibility index (Phi) is 2.25. The van der Waals surface area contributed by atoms with E-state index in [1.165, 1.54) is 0 Å². The predicted octanol–water partition coefficient (Wildman–Crippen LogP) is 2.27. The predicted molar refractivity (Wildman–Crippen MR) is 59.0 cm³/mol. The van der Waals surface area contributed by atoms with Crippen molar-refractivity contribution in [2.45, 2.75) is 0 Å². The molecule has 76 valence electrons. The number of hydrogen-bond donors (Lipinski definition) is 0. The summed E-state index contributed by atoms with van der Waals surface area (Å²) >= 11 is 0. The Morgan fingerprint density at radius 3 is 2.87 bits per heavy atom. The normalized spacial score (nSPS) is 16.6. The maximum absolute atomic E-state index is 10.4. The molecule has 0 bridgehead atoms. The highest BCUT2D eigenvalue weighted by molar-refractivity contribution is 5.85. The first-order chi connectivity index (χ1) is 7.18. The molecule has 0 saturated carbocycles. The van der Waals surface area contributed by atoms with Crippen molar-refractivity contribution in [1.29, 1.82) is 0 Å². The molecule has 0 aliphatic carbocycles. The summed E-state index contributed by atoms with van der Waals surface area (Å²) in [6.07, 6.45) is 4.59. The lowest BCUT2D eigenvalue weighted by Crippen LogP contribution is -2.13. The van der Waals surface area contributed by atoms with Crippen molar-refractivity contribution in [2.24, 2.45) is 0 Å². The molecule has 0 amide bonds. The molecule has 1 heterocycles. The van der Waals surface area contributed by atoms with Crippen molar-refractivity contribution in [3.63, 3.8) is 0 Å². The smallest absolute Gasteiger partial charge is 0.242 e. The number of fused-ring (bicyclic) bond motifs is 1. The molecule has 0 aromatic heterocycles. The fraction of sp³-hybridized carbons (Fsp3) is 0.0909. The van der Waals surface area contributed by atoms with Gasteiger partial charge in [-0.1, -0.05) is 18.2 Å². The summed E-state index contributed by atoms with van der Waals surface area (Å²) in [5.41, 5.74) is 2.50. The lowest BCUT2D eigenvalue weighted by atomic mass is 10.0. The van der Waals surface area contributed by atoms with Crippen molar-refractivity contribution < 1.29 is 4.92 Å². The zero-order chi connectivity index (χ0) is 10.8. The Hall–Kier alpha value is -2.10. The van der Waals surface area contributed by atoms with E-state index in [4.69, 9.17) is 0 Å². The van der Waals surface area contributed by atoms with E-state index in [2.05, 4.69) is 0 Å². The van der Waals surface area contributed by atoms with Gasteiger partial charge in [-0.25, -0.2) is 0 Å². The minimum Gasteiger partial charge on any atom is -0.351 e. The summed E-state index contributed by atoms with van der Waals surface area (Å²) in [6.45, 7) is 0. The van der Waals surface area contributed by atoms with Crippen molar-refractivity contribution in [3.8, 4) is 0 Å². The number of nitro groups is 1. The number of rotatable bonds is 1. The van der Waals surface area contributed by atoms with Gasteiger partial charge in [-0.3, -0.25) is 10.1 Å². The first-order valence-corrected chi connectivity index (χ1v) is 4.54. The highest BCUT2D eigenvalue weighted by Crippen LogP contribution is 2.31. The van der Waals surface area contributed by atoms with Gasteiger partial charge in [0.25, 0.3) is 0 Å². The molecule has 0 spiro atoms. The van der Waals surface area contributed by atoms with Crippen molar-refractivity contribution in [1.82, 2.24) is 0 Å². The number of allylic oxidation sites excluding steroid dienone is 2. The number of hydrogen-bond acceptors (Lipinski definition) is 3. The maximum atomic E-state index is 10.4. The van der Waals surface area contributed by atoms with Gasteiger partial charge in [-0.15, -0.1) is 0 Å². The molecule has 2 rings (SSSR count). The lowest BCUT2D eigenvalue weighted by molar-refractivity contribution is -0.401. The third-order valence-corrected chi connectivity index (χ3v) is 2.32. The van der Waals surface area contributed by atoms with Crippen molar-refractivity contribution in [2.75, 3.05) is 11.9 Å². The summed E-state index contributed by atoms with van der Waals surface area (Å²) in [7, 11) is 1.91. The van der Waals surface area contributed by atoms with Crippen LogP contribution in [0, 0.1) is 10.1 Å². The van der Waals surface area contributed by atoms with Gasteiger partial charge in [0.1, 0.15) is 0 Å². The summed E-state index contributed by atoms with van der Waals surface area (Å²) in [5, 5.41) is 10.4.